The van der Waals surface area contributed by atoms with Gasteiger partial charge in [0.2, 0.25) is 0 Å². The second kappa shape index (κ2) is 5.66. The van der Waals surface area contributed by atoms with E-state index in [0.29, 0.717) is 0 Å². The Morgan fingerprint density at radius 3 is 2.75 bits per heavy atom. The first kappa shape index (κ1) is 15.2. The molecule has 0 spiro atoms. The molecule has 1 aliphatic rings. The predicted molar refractivity (Wildman–Crippen MR) is 80.9 cm³/mol. The van der Waals surface area contributed by atoms with Gasteiger partial charge in [-0.3, -0.25) is 4.98 Å². The van der Waals surface area contributed by atoms with Gasteiger partial charge in [-0.25, -0.2) is 4.98 Å². The first-order valence-electron chi connectivity index (χ1n) is 7.19. The summed E-state index contributed by atoms with van der Waals surface area (Å²) in [6, 6.07) is 0. The van der Waals surface area contributed by atoms with Crippen LogP contribution in [0.1, 0.15) is 40.3 Å². The van der Waals surface area contributed by atoms with Crippen molar-refractivity contribution in [3.8, 4) is 0 Å². The summed E-state index contributed by atoms with van der Waals surface area (Å²) in [7, 11) is 0. The zero-order chi connectivity index (χ0) is 14.8. The van der Waals surface area contributed by atoms with Crippen LogP contribution in [0.2, 0.25) is 0 Å². The third-order valence-corrected chi connectivity index (χ3v) is 3.39. The normalized spacial score (nSPS) is 19.1. The number of nitrogens with zero attached hydrogens (tertiary/aromatic N) is 3. The van der Waals surface area contributed by atoms with Crippen LogP contribution in [0.5, 0.6) is 0 Å². The van der Waals surface area contributed by atoms with Crippen molar-refractivity contribution in [1.82, 2.24) is 15.3 Å². The highest BCUT2D eigenvalue weighted by Gasteiger charge is 2.31. The standard InChI is InChI=1S/C15H26N4O/c1-14(2,3)17-9-12-8-16-10-13(18-12)19-6-7-20-11-15(19,4)5/h8,10,17H,6-7,9,11H2,1-5H3. The molecule has 2 heterocycles. The molecule has 2 rings (SSSR count). The number of hydrogen-bond acceptors (Lipinski definition) is 5. The summed E-state index contributed by atoms with van der Waals surface area (Å²) in [6.45, 7) is 13.9. The maximum absolute atomic E-state index is 5.56. The van der Waals surface area contributed by atoms with Gasteiger partial charge in [-0.05, 0) is 34.6 Å². The van der Waals surface area contributed by atoms with E-state index >= 15 is 0 Å². The molecular weight excluding hydrogens is 252 g/mol. The van der Waals surface area contributed by atoms with E-state index in [1.807, 2.05) is 12.4 Å². The second-order valence-corrected chi connectivity index (χ2v) is 6.99. The van der Waals surface area contributed by atoms with Crippen molar-refractivity contribution in [3.05, 3.63) is 18.1 Å². The van der Waals surface area contributed by atoms with E-state index in [1.165, 1.54) is 0 Å². The van der Waals surface area contributed by atoms with Crippen LogP contribution in [0.4, 0.5) is 5.82 Å². The average Bonchev–Trinajstić information content (AvgIpc) is 2.35. The molecule has 1 N–H and O–H groups in total. The van der Waals surface area contributed by atoms with Gasteiger partial charge < -0.3 is 15.0 Å². The lowest BCUT2D eigenvalue weighted by atomic mass is 10.0. The van der Waals surface area contributed by atoms with Crippen molar-refractivity contribution in [2.75, 3.05) is 24.7 Å². The van der Waals surface area contributed by atoms with Crippen LogP contribution >= 0.6 is 0 Å². The van der Waals surface area contributed by atoms with Crippen molar-refractivity contribution in [2.24, 2.45) is 0 Å². The highest BCUT2D eigenvalue weighted by atomic mass is 16.5. The number of ether oxygens (including phenoxy) is 1. The molecule has 0 aromatic carbocycles. The first-order chi connectivity index (χ1) is 9.28. The summed E-state index contributed by atoms with van der Waals surface area (Å²) in [6.07, 6.45) is 3.67. The minimum absolute atomic E-state index is 0.0387. The summed E-state index contributed by atoms with van der Waals surface area (Å²) in [5.41, 5.74) is 1.01. The quantitative estimate of drug-likeness (QED) is 0.916. The molecule has 0 aliphatic carbocycles. The van der Waals surface area contributed by atoms with Gasteiger partial charge in [-0.15, -0.1) is 0 Å². The van der Waals surface area contributed by atoms with Crippen LogP contribution < -0.4 is 10.2 Å². The molecule has 0 bridgehead atoms. The third-order valence-electron chi connectivity index (χ3n) is 3.39. The SMILES string of the molecule is CC(C)(C)NCc1cncc(N2CCOCC2(C)C)n1. The van der Waals surface area contributed by atoms with Crippen LogP contribution in [0.15, 0.2) is 12.4 Å². The molecule has 5 nitrogen and oxygen atoms in total. The lowest BCUT2D eigenvalue weighted by molar-refractivity contribution is 0.0638. The Labute approximate surface area is 121 Å². The zero-order valence-electron chi connectivity index (χ0n) is 13.2. The fourth-order valence-corrected chi connectivity index (χ4v) is 2.25. The average molecular weight is 278 g/mol. The largest absolute Gasteiger partial charge is 0.377 e. The van der Waals surface area contributed by atoms with Crippen molar-refractivity contribution in [1.29, 1.82) is 0 Å². The summed E-state index contributed by atoms with van der Waals surface area (Å²) in [5.74, 6) is 0.937. The van der Waals surface area contributed by atoms with E-state index in [2.05, 4.69) is 49.8 Å². The minimum Gasteiger partial charge on any atom is -0.377 e. The molecule has 1 saturated heterocycles. The Balaban J connectivity index is 2.13. The smallest absolute Gasteiger partial charge is 0.148 e. The van der Waals surface area contributed by atoms with Crippen molar-refractivity contribution in [3.63, 3.8) is 0 Å². The molecule has 0 atom stereocenters. The summed E-state index contributed by atoms with van der Waals surface area (Å²) in [5, 5.41) is 3.44. The molecule has 1 aromatic rings. The van der Waals surface area contributed by atoms with Gasteiger partial charge in [-0.1, -0.05) is 0 Å². The summed E-state index contributed by atoms with van der Waals surface area (Å²) < 4.78 is 5.56. The number of rotatable bonds is 3. The van der Waals surface area contributed by atoms with Gasteiger partial charge in [0.25, 0.3) is 0 Å². The maximum atomic E-state index is 5.56. The van der Waals surface area contributed by atoms with Crippen LogP contribution in [0.25, 0.3) is 0 Å². The molecule has 0 unspecified atom stereocenters. The molecule has 0 radical (unpaired) electrons. The Morgan fingerprint density at radius 1 is 1.35 bits per heavy atom. The fraction of sp³-hybridized carbons (Fsp3) is 0.733. The van der Waals surface area contributed by atoms with Crippen LogP contribution in [0, 0.1) is 0 Å². The number of morpholine rings is 1. The molecule has 0 amide bonds. The van der Waals surface area contributed by atoms with Gasteiger partial charge in [-0.2, -0.15) is 0 Å². The molecule has 112 valence electrons. The maximum Gasteiger partial charge on any atom is 0.148 e. The minimum atomic E-state index is -0.0387. The Bertz CT molecular complexity index is 453. The molecule has 5 heteroatoms. The molecule has 1 fully saturated rings. The van der Waals surface area contributed by atoms with E-state index in [4.69, 9.17) is 9.72 Å². The van der Waals surface area contributed by atoms with Gasteiger partial charge in [0.15, 0.2) is 0 Å². The van der Waals surface area contributed by atoms with E-state index < -0.39 is 0 Å². The topological polar surface area (TPSA) is 50.3 Å². The van der Waals surface area contributed by atoms with Crippen molar-refractivity contribution < 1.29 is 4.74 Å². The Morgan fingerprint density at radius 2 is 2.10 bits per heavy atom. The number of aromatic nitrogens is 2. The van der Waals surface area contributed by atoms with Gasteiger partial charge in [0.05, 0.1) is 30.6 Å². The fourth-order valence-electron chi connectivity index (χ4n) is 2.25. The van der Waals surface area contributed by atoms with E-state index in [0.717, 1.165) is 37.8 Å². The van der Waals surface area contributed by atoms with Gasteiger partial charge >= 0.3 is 0 Å². The van der Waals surface area contributed by atoms with Gasteiger partial charge in [0.1, 0.15) is 5.82 Å². The number of hydrogen-bond donors (Lipinski definition) is 1. The van der Waals surface area contributed by atoms with Crippen LogP contribution in [-0.2, 0) is 11.3 Å². The molecular formula is C15H26N4O. The lowest BCUT2D eigenvalue weighted by Gasteiger charge is -2.42. The number of nitrogens with one attached hydrogen (secondary N) is 1. The molecule has 0 saturated carbocycles. The van der Waals surface area contributed by atoms with Crippen LogP contribution in [-0.4, -0.2) is 40.8 Å². The van der Waals surface area contributed by atoms with E-state index in [1.54, 1.807) is 0 Å². The molecule has 20 heavy (non-hydrogen) atoms. The zero-order valence-corrected chi connectivity index (χ0v) is 13.2. The van der Waals surface area contributed by atoms with Crippen molar-refractivity contribution >= 4 is 5.82 Å². The Kier molecular flexibility index (Phi) is 4.30. The molecule has 1 aliphatic heterocycles. The Hall–Kier alpha value is -1.20. The van der Waals surface area contributed by atoms with Crippen LogP contribution in [0.3, 0.4) is 0 Å². The number of anilines is 1. The summed E-state index contributed by atoms with van der Waals surface area (Å²) in [4.78, 5) is 11.4. The first-order valence-corrected chi connectivity index (χ1v) is 7.19. The predicted octanol–water partition coefficient (Wildman–Crippen LogP) is 1.98. The second-order valence-electron chi connectivity index (χ2n) is 6.99. The third kappa shape index (κ3) is 3.90. The lowest BCUT2D eigenvalue weighted by Crippen LogP contribution is -2.53. The summed E-state index contributed by atoms with van der Waals surface area (Å²) >= 11 is 0. The van der Waals surface area contributed by atoms with Crippen molar-refractivity contribution in [2.45, 2.75) is 52.2 Å². The van der Waals surface area contributed by atoms with E-state index in [-0.39, 0.29) is 11.1 Å². The monoisotopic (exact) mass is 278 g/mol. The van der Waals surface area contributed by atoms with E-state index in [9.17, 15) is 0 Å². The molecule has 1 aromatic heterocycles. The highest BCUT2D eigenvalue weighted by Crippen LogP contribution is 2.24. The van der Waals surface area contributed by atoms with Gasteiger partial charge in [0, 0.05) is 24.8 Å². The highest BCUT2D eigenvalue weighted by molar-refractivity contribution is 5.40.